The first-order valence-electron chi connectivity index (χ1n) is 6.00. The number of ether oxygens (including phenoxy) is 1. The van der Waals surface area contributed by atoms with Gasteiger partial charge in [0.05, 0.1) is 10.6 Å². The van der Waals surface area contributed by atoms with E-state index in [2.05, 4.69) is 10.1 Å². The van der Waals surface area contributed by atoms with Crippen LogP contribution in [-0.2, 0) is 10.3 Å². The number of nitrogens with zero attached hydrogens (tertiary/aromatic N) is 2. The molecule has 0 spiro atoms. The Kier molecular flexibility index (Phi) is 2.83. The second-order valence-electron chi connectivity index (χ2n) is 4.66. The molecule has 0 amide bonds. The molecule has 3 rings (SSSR count). The second kappa shape index (κ2) is 4.37. The smallest absolute Gasteiger partial charge is 0.261 e. The van der Waals surface area contributed by atoms with E-state index < -0.39 is 5.60 Å². The molecule has 18 heavy (non-hydrogen) atoms. The third-order valence-electron chi connectivity index (χ3n) is 3.29. The molecule has 0 aromatic carbocycles. The highest BCUT2D eigenvalue weighted by Crippen LogP contribution is 2.35. The number of aromatic nitrogens is 2. The molecule has 1 aliphatic rings. The second-order valence-corrected chi connectivity index (χ2v) is 5.61. The molecule has 2 aromatic heterocycles. The average molecular weight is 265 g/mol. The first-order chi connectivity index (χ1) is 8.69. The largest absolute Gasteiger partial charge is 0.390 e. The Hall–Kier alpha value is -1.40. The van der Waals surface area contributed by atoms with Crippen molar-refractivity contribution in [1.82, 2.24) is 10.1 Å². The van der Waals surface area contributed by atoms with Gasteiger partial charge in [-0.3, -0.25) is 0 Å². The summed E-state index contributed by atoms with van der Waals surface area (Å²) in [6, 6.07) is 1.89. The molecule has 0 aliphatic carbocycles. The van der Waals surface area contributed by atoms with Crippen LogP contribution >= 0.6 is 11.3 Å². The first kappa shape index (κ1) is 11.7. The van der Waals surface area contributed by atoms with Crippen molar-refractivity contribution in [1.29, 1.82) is 0 Å². The van der Waals surface area contributed by atoms with Crippen LogP contribution in [-0.4, -0.2) is 16.7 Å². The number of hydrogen-bond acceptors (Lipinski definition) is 6. The number of thiophene rings is 1. The third-order valence-corrected chi connectivity index (χ3v) is 4.04. The van der Waals surface area contributed by atoms with Gasteiger partial charge in [0, 0.05) is 6.61 Å². The van der Waals surface area contributed by atoms with Gasteiger partial charge in [-0.05, 0) is 37.6 Å². The van der Waals surface area contributed by atoms with Crippen molar-refractivity contribution < 1.29 is 9.26 Å². The molecule has 1 aliphatic heterocycles. The molecule has 0 bridgehead atoms. The maximum atomic E-state index is 5.85. The predicted molar refractivity (Wildman–Crippen MR) is 69.2 cm³/mol. The number of nitrogen functional groups attached to an aromatic ring is 1. The Morgan fingerprint density at radius 3 is 3.00 bits per heavy atom. The van der Waals surface area contributed by atoms with Gasteiger partial charge in [0.2, 0.25) is 5.82 Å². The number of rotatable bonds is 2. The molecule has 1 fully saturated rings. The molecular weight excluding hydrogens is 250 g/mol. The predicted octanol–water partition coefficient (Wildman–Crippen LogP) is 2.80. The molecule has 5 nitrogen and oxygen atoms in total. The average Bonchev–Trinajstić information content (AvgIpc) is 2.98. The van der Waals surface area contributed by atoms with E-state index in [1.54, 1.807) is 0 Å². The van der Waals surface area contributed by atoms with Gasteiger partial charge in [0.1, 0.15) is 5.60 Å². The van der Waals surface area contributed by atoms with E-state index in [0.29, 0.717) is 16.7 Å². The molecular formula is C12H15N3O2S. The number of nitrogens with two attached hydrogens (primary N) is 1. The summed E-state index contributed by atoms with van der Waals surface area (Å²) in [4.78, 5) is 4.43. The zero-order valence-electron chi connectivity index (χ0n) is 10.2. The van der Waals surface area contributed by atoms with Crippen molar-refractivity contribution in [2.45, 2.75) is 31.8 Å². The summed E-state index contributed by atoms with van der Waals surface area (Å²) in [6.45, 7) is 2.76. The molecule has 2 aromatic rings. The molecule has 96 valence electrons. The number of anilines is 1. The van der Waals surface area contributed by atoms with Crippen LogP contribution < -0.4 is 5.73 Å². The Bertz CT molecular complexity index is 543. The van der Waals surface area contributed by atoms with Crippen molar-refractivity contribution in [3.05, 3.63) is 17.3 Å². The summed E-state index contributed by atoms with van der Waals surface area (Å²) in [7, 11) is 0. The van der Waals surface area contributed by atoms with Gasteiger partial charge >= 0.3 is 0 Å². The van der Waals surface area contributed by atoms with Crippen molar-refractivity contribution in [3.63, 3.8) is 0 Å². The third kappa shape index (κ3) is 1.91. The van der Waals surface area contributed by atoms with Gasteiger partial charge in [-0.2, -0.15) is 4.98 Å². The Balaban J connectivity index is 1.92. The molecule has 6 heteroatoms. The summed E-state index contributed by atoms with van der Waals surface area (Å²) >= 11 is 1.46. The minimum Gasteiger partial charge on any atom is -0.390 e. The van der Waals surface area contributed by atoms with Gasteiger partial charge in [-0.1, -0.05) is 5.16 Å². The summed E-state index contributed by atoms with van der Waals surface area (Å²) in [5, 5.41) is 6.65. The zero-order valence-corrected chi connectivity index (χ0v) is 11.0. The highest BCUT2D eigenvalue weighted by Gasteiger charge is 2.35. The summed E-state index contributed by atoms with van der Waals surface area (Å²) in [6.07, 6.45) is 3.14. The van der Waals surface area contributed by atoms with Crippen LogP contribution in [0.1, 0.15) is 32.0 Å². The Morgan fingerprint density at radius 1 is 1.44 bits per heavy atom. The molecule has 3 heterocycles. The maximum absolute atomic E-state index is 5.85. The molecule has 1 unspecified atom stereocenters. The van der Waals surface area contributed by atoms with E-state index in [4.69, 9.17) is 15.0 Å². The Labute approximate surface area is 109 Å². The minimum absolute atomic E-state index is 0.426. The van der Waals surface area contributed by atoms with Crippen molar-refractivity contribution in [2.75, 3.05) is 12.3 Å². The van der Waals surface area contributed by atoms with Crippen molar-refractivity contribution >= 4 is 16.3 Å². The van der Waals surface area contributed by atoms with Crippen LogP contribution in [0.4, 0.5) is 5.00 Å². The normalized spacial score (nSPS) is 24.3. The SMILES string of the molecule is CC1(c2noc(-c3ccsc3N)n2)CCCCO1. The lowest BCUT2D eigenvalue weighted by Crippen LogP contribution is -2.31. The summed E-state index contributed by atoms with van der Waals surface area (Å²) in [5.74, 6) is 1.09. The van der Waals surface area contributed by atoms with Gasteiger partial charge < -0.3 is 15.0 Å². The highest BCUT2D eigenvalue weighted by molar-refractivity contribution is 7.14. The van der Waals surface area contributed by atoms with Gasteiger partial charge in [0.15, 0.2) is 0 Å². The van der Waals surface area contributed by atoms with E-state index in [0.717, 1.165) is 31.4 Å². The van der Waals surface area contributed by atoms with Crippen LogP contribution in [0.25, 0.3) is 11.5 Å². The number of hydrogen-bond donors (Lipinski definition) is 1. The van der Waals surface area contributed by atoms with E-state index >= 15 is 0 Å². The fraction of sp³-hybridized carbons (Fsp3) is 0.500. The van der Waals surface area contributed by atoms with Crippen molar-refractivity contribution in [2.24, 2.45) is 0 Å². The maximum Gasteiger partial charge on any atom is 0.261 e. The van der Waals surface area contributed by atoms with Crippen LogP contribution in [0, 0.1) is 0 Å². The van der Waals surface area contributed by atoms with Gasteiger partial charge in [-0.15, -0.1) is 11.3 Å². The summed E-state index contributed by atoms with van der Waals surface area (Å²) < 4.78 is 11.1. The highest BCUT2D eigenvalue weighted by atomic mass is 32.1. The zero-order chi connectivity index (χ0) is 12.6. The lowest BCUT2D eigenvalue weighted by Gasteiger charge is -2.30. The molecule has 1 saturated heterocycles. The fourth-order valence-corrected chi connectivity index (χ4v) is 2.79. The molecule has 1 atom stereocenters. The van der Waals surface area contributed by atoms with Gasteiger partial charge in [-0.25, -0.2) is 0 Å². The van der Waals surface area contributed by atoms with Crippen LogP contribution in [0.15, 0.2) is 16.0 Å². The van der Waals surface area contributed by atoms with Gasteiger partial charge in [0.25, 0.3) is 5.89 Å². The molecule has 0 saturated carbocycles. The molecule has 0 radical (unpaired) electrons. The van der Waals surface area contributed by atoms with Crippen LogP contribution in [0.2, 0.25) is 0 Å². The summed E-state index contributed by atoms with van der Waals surface area (Å²) in [5.41, 5.74) is 6.23. The molecule has 2 N–H and O–H groups in total. The monoisotopic (exact) mass is 265 g/mol. The standard InChI is InChI=1S/C12H15N3O2S/c1-12(5-2-3-6-16-12)11-14-10(17-15-11)8-4-7-18-9(8)13/h4,7H,2-3,5-6,13H2,1H3. The Morgan fingerprint density at radius 2 is 2.33 bits per heavy atom. The quantitative estimate of drug-likeness (QED) is 0.903. The fourth-order valence-electron chi connectivity index (χ4n) is 2.16. The lowest BCUT2D eigenvalue weighted by molar-refractivity contribution is -0.0770. The van der Waals surface area contributed by atoms with Crippen LogP contribution in [0.5, 0.6) is 0 Å². The van der Waals surface area contributed by atoms with Crippen molar-refractivity contribution in [3.8, 4) is 11.5 Å². The van der Waals surface area contributed by atoms with E-state index in [1.807, 2.05) is 18.4 Å². The topological polar surface area (TPSA) is 74.2 Å². The lowest BCUT2D eigenvalue weighted by atomic mass is 9.95. The van der Waals surface area contributed by atoms with E-state index in [-0.39, 0.29) is 0 Å². The minimum atomic E-state index is -0.426. The van der Waals surface area contributed by atoms with E-state index in [9.17, 15) is 0 Å². The van der Waals surface area contributed by atoms with E-state index in [1.165, 1.54) is 11.3 Å². The first-order valence-corrected chi connectivity index (χ1v) is 6.88. The van der Waals surface area contributed by atoms with Crippen LogP contribution in [0.3, 0.4) is 0 Å².